The maximum Gasteiger partial charge on any atom is 0.417 e. The summed E-state index contributed by atoms with van der Waals surface area (Å²) in [5.41, 5.74) is -0.231. The second kappa shape index (κ2) is 9.22. The SMILES string of the molecule is CN(C)CCn1cc(NC(=O)C2CCN(c3ncc(C(F)(F)F)cc3Cl)CC2)cn1. The Balaban J connectivity index is 1.53. The lowest BCUT2D eigenvalue weighted by molar-refractivity contribution is -0.137. The number of halogens is 4. The number of nitrogens with zero attached hydrogens (tertiary/aromatic N) is 5. The van der Waals surface area contributed by atoms with Crippen LogP contribution in [-0.4, -0.2) is 59.3 Å². The zero-order valence-corrected chi connectivity index (χ0v) is 17.5. The van der Waals surface area contributed by atoms with E-state index in [9.17, 15) is 18.0 Å². The van der Waals surface area contributed by atoms with Gasteiger partial charge in [-0.3, -0.25) is 9.48 Å². The smallest absolute Gasteiger partial charge is 0.355 e. The summed E-state index contributed by atoms with van der Waals surface area (Å²) in [5.74, 6) is 0.0265. The van der Waals surface area contributed by atoms with Gasteiger partial charge in [-0.1, -0.05) is 11.6 Å². The van der Waals surface area contributed by atoms with E-state index in [0.717, 1.165) is 25.4 Å². The van der Waals surface area contributed by atoms with E-state index in [1.54, 1.807) is 17.1 Å². The molecule has 0 saturated carbocycles. The summed E-state index contributed by atoms with van der Waals surface area (Å²) < 4.78 is 40.1. The van der Waals surface area contributed by atoms with Crippen molar-refractivity contribution in [3.8, 4) is 0 Å². The number of carbonyl (C=O) groups excluding carboxylic acids is 1. The summed E-state index contributed by atoms with van der Waals surface area (Å²) in [6.45, 7) is 2.53. The highest BCUT2D eigenvalue weighted by molar-refractivity contribution is 6.33. The number of anilines is 2. The highest BCUT2D eigenvalue weighted by Gasteiger charge is 2.33. The highest BCUT2D eigenvalue weighted by atomic mass is 35.5. The number of pyridine rings is 1. The van der Waals surface area contributed by atoms with Crippen LogP contribution in [0.15, 0.2) is 24.7 Å². The molecule has 0 atom stereocenters. The van der Waals surface area contributed by atoms with E-state index in [4.69, 9.17) is 11.6 Å². The Labute approximate surface area is 177 Å². The zero-order valence-electron chi connectivity index (χ0n) is 16.8. The fraction of sp³-hybridized carbons (Fsp3) is 0.526. The minimum Gasteiger partial charge on any atom is -0.355 e. The molecule has 2 aromatic rings. The van der Waals surface area contributed by atoms with Crippen molar-refractivity contribution in [3.63, 3.8) is 0 Å². The summed E-state index contributed by atoms with van der Waals surface area (Å²) in [6.07, 6.45) is 0.824. The molecule has 11 heteroatoms. The number of rotatable bonds is 6. The van der Waals surface area contributed by atoms with Gasteiger partial charge in [-0.15, -0.1) is 0 Å². The maximum absolute atomic E-state index is 12.8. The summed E-state index contributed by atoms with van der Waals surface area (Å²) >= 11 is 6.03. The van der Waals surface area contributed by atoms with Crippen LogP contribution in [0, 0.1) is 5.92 Å². The van der Waals surface area contributed by atoms with Crippen molar-refractivity contribution in [2.75, 3.05) is 43.9 Å². The predicted molar refractivity (Wildman–Crippen MR) is 109 cm³/mol. The summed E-state index contributed by atoms with van der Waals surface area (Å²) in [7, 11) is 3.96. The summed E-state index contributed by atoms with van der Waals surface area (Å²) in [6, 6.07) is 0.886. The van der Waals surface area contributed by atoms with Gasteiger partial charge >= 0.3 is 6.18 Å². The van der Waals surface area contributed by atoms with Crippen LogP contribution >= 0.6 is 11.6 Å². The van der Waals surface area contributed by atoms with Crippen LogP contribution in [0.3, 0.4) is 0 Å². The molecule has 1 aliphatic rings. The Bertz CT molecular complexity index is 877. The lowest BCUT2D eigenvalue weighted by Gasteiger charge is -2.32. The largest absolute Gasteiger partial charge is 0.417 e. The average molecular weight is 445 g/mol. The molecule has 3 heterocycles. The van der Waals surface area contributed by atoms with Crippen molar-refractivity contribution < 1.29 is 18.0 Å². The number of alkyl halides is 3. The van der Waals surface area contributed by atoms with Gasteiger partial charge in [0.15, 0.2) is 0 Å². The van der Waals surface area contributed by atoms with E-state index in [0.29, 0.717) is 37.4 Å². The molecule has 0 aliphatic carbocycles. The standard InChI is InChI=1S/C19H24ClF3N6O/c1-27(2)7-8-29-12-15(11-25-29)26-18(30)13-3-5-28(6-4-13)17-16(20)9-14(10-24-17)19(21,22)23/h9-13H,3-8H2,1-2H3,(H,26,30). The topological polar surface area (TPSA) is 66.3 Å². The van der Waals surface area contributed by atoms with Crippen molar-refractivity contribution in [1.29, 1.82) is 0 Å². The molecule has 1 fully saturated rings. The van der Waals surface area contributed by atoms with Gasteiger partial charge in [0, 0.05) is 37.9 Å². The molecule has 0 radical (unpaired) electrons. The Hall–Kier alpha value is -2.33. The number of nitrogens with one attached hydrogen (secondary N) is 1. The molecule has 1 amide bonds. The molecule has 0 unspecified atom stereocenters. The number of hydrogen-bond donors (Lipinski definition) is 1. The number of hydrogen-bond acceptors (Lipinski definition) is 5. The summed E-state index contributed by atoms with van der Waals surface area (Å²) in [4.78, 5) is 20.3. The quantitative estimate of drug-likeness (QED) is 0.740. The second-order valence-electron chi connectivity index (χ2n) is 7.57. The lowest BCUT2D eigenvalue weighted by Crippen LogP contribution is -2.38. The van der Waals surface area contributed by atoms with Crippen molar-refractivity contribution >= 4 is 29.0 Å². The fourth-order valence-corrected chi connectivity index (χ4v) is 3.55. The first-order valence-electron chi connectivity index (χ1n) is 9.59. The Morgan fingerprint density at radius 2 is 2.00 bits per heavy atom. The van der Waals surface area contributed by atoms with Crippen LogP contribution in [0.4, 0.5) is 24.7 Å². The van der Waals surface area contributed by atoms with Crippen LogP contribution in [0.1, 0.15) is 18.4 Å². The van der Waals surface area contributed by atoms with Crippen LogP contribution in [-0.2, 0) is 17.5 Å². The first kappa shape index (κ1) is 22.4. The summed E-state index contributed by atoms with van der Waals surface area (Å²) in [5, 5.41) is 7.08. The van der Waals surface area contributed by atoms with Crippen LogP contribution in [0.5, 0.6) is 0 Å². The van der Waals surface area contributed by atoms with Gasteiger partial charge in [-0.2, -0.15) is 18.3 Å². The Morgan fingerprint density at radius 3 is 2.60 bits per heavy atom. The molecule has 30 heavy (non-hydrogen) atoms. The van der Waals surface area contributed by atoms with E-state index in [1.807, 2.05) is 23.9 Å². The number of carbonyl (C=O) groups is 1. The maximum atomic E-state index is 12.8. The molecule has 2 aromatic heterocycles. The molecule has 0 bridgehead atoms. The van der Waals surface area contributed by atoms with Gasteiger partial charge in [0.1, 0.15) is 5.82 Å². The molecule has 1 aliphatic heterocycles. The number of amides is 1. The second-order valence-corrected chi connectivity index (χ2v) is 7.98. The van der Waals surface area contributed by atoms with Gasteiger partial charge in [0.05, 0.1) is 29.0 Å². The van der Waals surface area contributed by atoms with E-state index in [-0.39, 0.29) is 16.8 Å². The molecule has 0 spiro atoms. The number of likely N-dealkylation sites (N-methyl/N-ethyl adjacent to an activating group) is 1. The molecule has 3 rings (SSSR count). The molecular weight excluding hydrogens is 421 g/mol. The van der Waals surface area contributed by atoms with Crippen molar-refractivity contribution in [1.82, 2.24) is 19.7 Å². The van der Waals surface area contributed by atoms with E-state index >= 15 is 0 Å². The zero-order chi connectivity index (χ0) is 21.9. The first-order chi connectivity index (χ1) is 14.1. The van der Waals surface area contributed by atoms with E-state index in [2.05, 4.69) is 15.4 Å². The first-order valence-corrected chi connectivity index (χ1v) is 9.97. The average Bonchev–Trinajstić information content (AvgIpc) is 3.13. The number of piperidine rings is 1. The molecular formula is C19H24ClF3N6O. The third kappa shape index (κ3) is 5.63. The van der Waals surface area contributed by atoms with Gasteiger partial charge in [0.25, 0.3) is 0 Å². The highest BCUT2D eigenvalue weighted by Crippen LogP contribution is 2.34. The molecule has 1 N–H and O–H groups in total. The van der Waals surface area contributed by atoms with Gasteiger partial charge in [-0.05, 0) is 33.0 Å². The molecule has 1 saturated heterocycles. The number of aromatic nitrogens is 3. The van der Waals surface area contributed by atoms with Gasteiger partial charge in [-0.25, -0.2) is 4.98 Å². The molecule has 164 valence electrons. The minimum absolute atomic E-state index is 0.0436. The normalized spacial score (nSPS) is 15.6. The van der Waals surface area contributed by atoms with E-state index < -0.39 is 11.7 Å². The van der Waals surface area contributed by atoms with Crippen molar-refractivity contribution in [2.45, 2.75) is 25.6 Å². The van der Waals surface area contributed by atoms with Crippen molar-refractivity contribution in [2.24, 2.45) is 5.92 Å². The Kier molecular flexibility index (Phi) is 6.87. The van der Waals surface area contributed by atoms with Gasteiger partial charge < -0.3 is 15.1 Å². The molecule has 0 aromatic carbocycles. The van der Waals surface area contributed by atoms with Gasteiger partial charge in [0.2, 0.25) is 5.91 Å². The monoisotopic (exact) mass is 444 g/mol. The fourth-order valence-electron chi connectivity index (χ4n) is 3.27. The Morgan fingerprint density at radius 1 is 1.30 bits per heavy atom. The van der Waals surface area contributed by atoms with Crippen LogP contribution < -0.4 is 10.2 Å². The van der Waals surface area contributed by atoms with Crippen LogP contribution in [0.2, 0.25) is 5.02 Å². The van der Waals surface area contributed by atoms with E-state index in [1.165, 1.54) is 0 Å². The minimum atomic E-state index is -4.49. The lowest BCUT2D eigenvalue weighted by atomic mass is 9.96. The molecule has 7 nitrogen and oxygen atoms in total. The third-order valence-corrected chi connectivity index (χ3v) is 5.27. The van der Waals surface area contributed by atoms with Crippen LogP contribution in [0.25, 0.3) is 0 Å². The third-order valence-electron chi connectivity index (χ3n) is 4.99. The van der Waals surface area contributed by atoms with Crippen molar-refractivity contribution in [3.05, 3.63) is 35.2 Å². The predicted octanol–water partition coefficient (Wildman–Crippen LogP) is 3.37.